The fourth-order valence-corrected chi connectivity index (χ4v) is 3.18. The predicted molar refractivity (Wildman–Crippen MR) is 86.5 cm³/mol. The minimum absolute atomic E-state index is 0.0448. The van der Waals surface area contributed by atoms with Crippen molar-refractivity contribution >= 4 is 5.91 Å². The molecule has 2 atom stereocenters. The SMILES string of the molecule is Cn1nc(C(=O)N2C[C@@H](c3ccccc3)O[C@@H](C3CC3)C2)[nH]c1=O. The van der Waals surface area contributed by atoms with Crippen LogP contribution in [0.25, 0.3) is 0 Å². The van der Waals surface area contributed by atoms with Crippen molar-refractivity contribution in [2.24, 2.45) is 13.0 Å². The molecule has 7 nitrogen and oxygen atoms in total. The van der Waals surface area contributed by atoms with Gasteiger partial charge in [0, 0.05) is 13.6 Å². The van der Waals surface area contributed by atoms with Crippen LogP contribution in [0.1, 0.15) is 35.1 Å². The second-order valence-corrected chi connectivity index (χ2v) is 6.52. The van der Waals surface area contributed by atoms with E-state index < -0.39 is 0 Å². The lowest BCUT2D eigenvalue weighted by Crippen LogP contribution is -2.48. The smallest absolute Gasteiger partial charge is 0.343 e. The summed E-state index contributed by atoms with van der Waals surface area (Å²) in [5.74, 6) is 0.364. The van der Waals surface area contributed by atoms with E-state index in [9.17, 15) is 9.59 Å². The summed E-state index contributed by atoms with van der Waals surface area (Å²) in [5, 5.41) is 3.99. The number of aryl methyl sites for hydroxylation is 1. The number of hydrogen-bond donors (Lipinski definition) is 1. The van der Waals surface area contributed by atoms with Crippen LogP contribution < -0.4 is 5.69 Å². The van der Waals surface area contributed by atoms with Gasteiger partial charge < -0.3 is 9.64 Å². The lowest BCUT2D eigenvalue weighted by atomic mass is 10.0. The molecule has 1 amide bonds. The average Bonchev–Trinajstić information content (AvgIpc) is 3.41. The van der Waals surface area contributed by atoms with Crippen LogP contribution in [0.4, 0.5) is 0 Å². The summed E-state index contributed by atoms with van der Waals surface area (Å²) in [5.41, 5.74) is 0.681. The van der Waals surface area contributed by atoms with Crippen molar-refractivity contribution < 1.29 is 9.53 Å². The van der Waals surface area contributed by atoms with Gasteiger partial charge in [0.15, 0.2) is 0 Å². The summed E-state index contributed by atoms with van der Waals surface area (Å²) in [6.07, 6.45) is 2.19. The molecule has 126 valence electrons. The number of rotatable bonds is 3. The van der Waals surface area contributed by atoms with E-state index in [1.54, 1.807) is 4.90 Å². The Balaban J connectivity index is 1.59. The Morgan fingerprint density at radius 2 is 2.00 bits per heavy atom. The van der Waals surface area contributed by atoms with Crippen molar-refractivity contribution in [3.05, 3.63) is 52.2 Å². The van der Waals surface area contributed by atoms with Gasteiger partial charge in [-0.25, -0.2) is 9.48 Å². The number of amides is 1. The molecule has 0 bridgehead atoms. The highest BCUT2D eigenvalue weighted by Gasteiger charge is 2.40. The summed E-state index contributed by atoms with van der Waals surface area (Å²) < 4.78 is 7.39. The van der Waals surface area contributed by atoms with Crippen LogP contribution in [0.15, 0.2) is 35.1 Å². The molecule has 7 heteroatoms. The molecule has 4 rings (SSSR count). The zero-order valence-corrected chi connectivity index (χ0v) is 13.5. The number of hydrogen-bond acceptors (Lipinski definition) is 4. The molecule has 1 N–H and O–H groups in total. The number of morpholine rings is 1. The van der Waals surface area contributed by atoms with Crippen LogP contribution in [0.2, 0.25) is 0 Å². The topological polar surface area (TPSA) is 80.2 Å². The molecule has 1 aromatic carbocycles. The van der Waals surface area contributed by atoms with Gasteiger partial charge in [-0.3, -0.25) is 9.78 Å². The van der Waals surface area contributed by atoms with E-state index in [4.69, 9.17) is 4.74 Å². The number of carbonyl (C=O) groups excluding carboxylic acids is 1. The van der Waals surface area contributed by atoms with Crippen molar-refractivity contribution in [3.63, 3.8) is 0 Å². The molecule has 2 aliphatic rings. The highest BCUT2D eigenvalue weighted by atomic mass is 16.5. The molecule has 1 aliphatic carbocycles. The monoisotopic (exact) mass is 328 g/mol. The zero-order chi connectivity index (χ0) is 16.7. The summed E-state index contributed by atoms with van der Waals surface area (Å²) >= 11 is 0. The highest BCUT2D eigenvalue weighted by Crippen LogP contribution is 2.39. The van der Waals surface area contributed by atoms with Crippen molar-refractivity contribution in [3.8, 4) is 0 Å². The highest BCUT2D eigenvalue weighted by molar-refractivity contribution is 5.90. The Bertz CT molecular complexity index is 794. The molecule has 0 unspecified atom stereocenters. The molecule has 2 heterocycles. The lowest BCUT2D eigenvalue weighted by Gasteiger charge is -2.38. The van der Waals surface area contributed by atoms with Crippen LogP contribution in [0.3, 0.4) is 0 Å². The number of aromatic amines is 1. The quantitative estimate of drug-likeness (QED) is 0.915. The van der Waals surface area contributed by atoms with Crippen molar-refractivity contribution in [2.75, 3.05) is 13.1 Å². The Morgan fingerprint density at radius 3 is 2.62 bits per heavy atom. The largest absolute Gasteiger partial charge is 0.366 e. The Labute approximate surface area is 139 Å². The number of nitrogens with one attached hydrogen (secondary N) is 1. The fraction of sp³-hybridized carbons (Fsp3) is 0.471. The third-order valence-corrected chi connectivity index (χ3v) is 4.70. The third-order valence-electron chi connectivity index (χ3n) is 4.70. The predicted octanol–water partition coefficient (Wildman–Crippen LogP) is 1.10. The number of carbonyl (C=O) groups is 1. The van der Waals surface area contributed by atoms with Gasteiger partial charge >= 0.3 is 5.69 Å². The summed E-state index contributed by atoms with van der Waals surface area (Å²) in [4.78, 5) is 28.6. The minimum Gasteiger partial charge on any atom is -0.366 e. The van der Waals surface area contributed by atoms with Gasteiger partial charge in [-0.2, -0.15) is 0 Å². The standard InChI is InChI=1S/C17H20N4O3/c1-20-17(23)18-15(19-20)16(22)21-9-13(11-5-3-2-4-6-11)24-14(10-21)12-7-8-12/h2-6,12-14H,7-10H2,1H3,(H,18,19,23)/t13-,14+/m0/s1. The van der Waals surface area contributed by atoms with Crippen LogP contribution in [-0.4, -0.2) is 44.8 Å². The maximum Gasteiger partial charge on any atom is 0.343 e. The van der Waals surface area contributed by atoms with E-state index in [2.05, 4.69) is 10.1 Å². The number of benzene rings is 1. The van der Waals surface area contributed by atoms with Gasteiger partial charge in [0.2, 0.25) is 5.82 Å². The van der Waals surface area contributed by atoms with Gasteiger partial charge in [-0.05, 0) is 24.3 Å². The second kappa shape index (κ2) is 5.90. The van der Waals surface area contributed by atoms with Crippen LogP contribution in [0, 0.1) is 5.92 Å². The van der Waals surface area contributed by atoms with Gasteiger partial charge in [0.1, 0.15) is 6.10 Å². The number of ether oxygens (including phenoxy) is 1. The Kier molecular flexibility index (Phi) is 3.72. The molecule has 1 saturated heterocycles. The Hall–Kier alpha value is -2.41. The van der Waals surface area contributed by atoms with E-state index in [-0.39, 0.29) is 29.6 Å². The minimum atomic E-state index is -0.384. The summed E-state index contributed by atoms with van der Waals surface area (Å²) in [6, 6.07) is 9.95. The Morgan fingerprint density at radius 1 is 1.25 bits per heavy atom. The van der Waals surface area contributed by atoms with Crippen molar-refractivity contribution in [1.82, 2.24) is 19.7 Å². The van der Waals surface area contributed by atoms with Crippen molar-refractivity contribution in [1.29, 1.82) is 0 Å². The van der Waals surface area contributed by atoms with Gasteiger partial charge in [-0.1, -0.05) is 30.3 Å². The van der Waals surface area contributed by atoms with Crippen LogP contribution in [0.5, 0.6) is 0 Å². The number of H-pyrrole nitrogens is 1. The maximum atomic E-state index is 12.8. The first-order valence-corrected chi connectivity index (χ1v) is 8.25. The molecule has 2 aromatic rings. The third kappa shape index (κ3) is 2.87. The molecule has 1 aliphatic heterocycles. The van der Waals surface area contributed by atoms with E-state index >= 15 is 0 Å². The zero-order valence-electron chi connectivity index (χ0n) is 13.5. The normalized spacial score (nSPS) is 24.1. The van der Waals surface area contributed by atoms with Gasteiger partial charge in [0.25, 0.3) is 5.91 Å². The first kappa shape index (κ1) is 15.1. The molecule has 0 radical (unpaired) electrons. The molecule has 1 saturated carbocycles. The van der Waals surface area contributed by atoms with Crippen molar-refractivity contribution in [2.45, 2.75) is 25.0 Å². The summed E-state index contributed by atoms with van der Waals surface area (Å²) in [7, 11) is 1.52. The number of nitrogens with zero attached hydrogens (tertiary/aromatic N) is 3. The molecule has 2 fully saturated rings. The summed E-state index contributed by atoms with van der Waals surface area (Å²) in [6.45, 7) is 1.01. The van der Waals surface area contributed by atoms with Crippen LogP contribution in [-0.2, 0) is 11.8 Å². The first-order chi connectivity index (χ1) is 11.6. The molecule has 1 aromatic heterocycles. The molecular weight excluding hydrogens is 308 g/mol. The fourth-order valence-electron chi connectivity index (χ4n) is 3.18. The van der Waals surface area contributed by atoms with Gasteiger partial charge in [0.05, 0.1) is 12.6 Å². The van der Waals surface area contributed by atoms with Gasteiger partial charge in [-0.15, -0.1) is 5.10 Å². The van der Waals surface area contributed by atoms with E-state index in [0.717, 1.165) is 23.1 Å². The average molecular weight is 328 g/mol. The van der Waals surface area contributed by atoms with E-state index in [1.807, 2.05) is 30.3 Å². The maximum absolute atomic E-state index is 12.8. The van der Waals surface area contributed by atoms with E-state index in [0.29, 0.717) is 19.0 Å². The second-order valence-electron chi connectivity index (χ2n) is 6.52. The van der Waals surface area contributed by atoms with Crippen LogP contribution >= 0.6 is 0 Å². The molecular formula is C17H20N4O3. The molecule has 0 spiro atoms. The first-order valence-electron chi connectivity index (χ1n) is 8.25. The van der Waals surface area contributed by atoms with E-state index in [1.165, 1.54) is 7.05 Å². The number of aromatic nitrogens is 3. The lowest BCUT2D eigenvalue weighted by molar-refractivity contribution is -0.0866. The molecule has 24 heavy (non-hydrogen) atoms.